The average molecular weight is 427 g/mol. The van der Waals surface area contributed by atoms with Crippen molar-refractivity contribution in [3.05, 3.63) is 40.4 Å². The summed E-state index contributed by atoms with van der Waals surface area (Å²) in [7, 11) is 0. The molecule has 4 rings (SSSR count). The van der Waals surface area contributed by atoms with Crippen LogP contribution in [-0.4, -0.2) is 42.0 Å². The second-order valence-electron chi connectivity index (χ2n) is 9.77. The van der Waals surface area contributed by atoms with E-state index in [0.717, 1.165) is 43.0 Å². The van der Waals surface area contributed by atoms with Gasteiger partial charge in [-0.15, -0.1) is 0 Å². The molecule has 2 unspecified atom stereocenters. The van der Waals surface area contributed by atoms with Crippen molar-refractivity contribution in [1.82, 2.24) is 0 Å². The molecule has 4 nitrogen and oxygen atoms in total. The number of aryl methyl sites for hydroxylation is 1. The first kappa shape index (κ1) is 24.5. The van der Waals surface area contributed by atoms with Crippen molar-refractivity contribution in [3.63, 3.8) is 0 Å². The molecule has 0 aliphatic heterocycles. The Hall–Kier alpha value is -1.17. The Morgan fingerprint density at radius 3 is 2.61 bits per heavy atom. The number of allylic oxidation sites excluding steroid dienone is 1. The predicted octanol–water partition coefficient (Wildman–Crippen LogP) is 4.59. The van der Waals surface area contributed by atoms with E-state index in [-0.39, 0.29) is 12.4 Å². The number of fused-ring (bicyclic) bond motifs is 1. The molecule has 3 aliphatic rings. The maximum absolute atomic E-state index is 11.4. The molecule has 1 aromatic heterocycles. The van der Waals surface area contributed by atoms with E-state index in [9.17, 15) is 10.2 Å². The van der Waals surface area contributed by atoms with E-state index in [2.05, 4.69) is 19.9 Å². The summed E-state index contributed by atoms with van der Waals surface area (Å²) in [5.41, 5.74) is 8.61. The number of nitrogens with two attached hydrogens (primary N) is 1. The van der Waals surface area contributed by atoms with Crippen LogP contribution in [-0.2, 0) is 24.0 Å². The Kier molecular flexibility index (Phi) is 9.18. The fraction of sp³-hybridized carbons (Fsp3) is 0.731. The Morgan fingerprint density at radius 1 is 1.26 bits per heavy atom. The molecule has 0 amide bonds. The van der Waals surface area contributed by atoms with Crippen molar-refractivity contribution < 1.29 is 14.9 Å². The minimum absolute atomic E-state index is 0.0334. The number of hydrogen-bond donors (Lipinski definition) is 3. The van der Waals surface area contributed by atoms with Crippen molar-refractivity contribution >= 4 is 6.91 Å². The van der Waals surface area contributed by atoms with Crippen LogP contribution in [0.3, 0.4) is 0 Å². The quantitative estimate of drug-likeness (QED) is 0.357. The van der Waals surface area contributed by atoms with E-state index in [1.165, 1.54) is 43.2 Å². The average Bonchev–Trinajstić information content (AvgIpc) is 3.70. The first-order valence-electron chi connectivity index (χ1n) is 12.5. The molecule has 31 heavy (non-hydrogen) atoms. The molecule has 2 fully saturated rings. The van der Waals surface area contributed by atoms with Gasteiger partial charge < -0.3 is 0 Å². The fourth-order valence-electron chi connectivity index (χ4n) is 4.47. The van der Waals surface area contributed by atoms with Crippen LogP contribution in [0, 0.1) is 11.8 Å². The van der Waals surface area contributed by atoms with Crippen LogP contribution in [0.15, 0.2) is 23.9 Å². The van der Waals surface area contributed by atoms with Gasteiger partial charge in [0.2, 0.25) is 0 Å². The van der Waals surface area contributed by atoms with E-state index in [4.69, 9.17) is 10.5 Å². The molecule has 2 atom stereocenters. The van der Waals surface area contributed by atoms with E-state index in [1.54, 1.807) is 6.08 Å². The molecular weight excluding hydrogens is 385 g/mol. The summed E-state index contributed by atoms with van der Waals surface area (Å²) >= 11 is 0. The normalized spacial score (nSPS) is 21.0. The maximum atomic E-state index is 11.4. The molecule has 1 heterocycles. The van der Waals surface area contributed by atoms with Gasteiger partial charge in [-0.2, -0.15) is 0 Å². The van der Waals surface area contributed by atoms with Gasteiger partial charge in [-0.05, 0) is 5.92 Å². The molecule has 172 valence electrons. The van der Waals surface area contributed by atoms with Gasteiger partial charge >= 0.3 is 157 Å². The molecule has 0 aromatic carbocycles. The topological polar surface area (TPSA) is 75.7 Å². The SMILES string of the molecule is CC/C=C(\O)C(O)(Cc1bccc2c1CCC2)C(N)COCCC1CC1.CCC1CC1. The summed E-state index contributed by atoms with van der Waals surface area (Å²) < 4.78 is 5.73. The smallest absolute Gasteiger partial charge is 0.0417 e. The van der Waals surface area contributed by atoms with Gasteiger partial charge in [-0.3, -0.25) is 0 Å². The van der Waals surface area contributed by atoms with Crippen molar-refractivity contribution in [1.29, 1.82) is 0 Å². The summed E-state index contributed by atoms with van der Waals surface area (Å²) in [6.45, 7) is 7.18. The van der Waals surface area contributed by atoms with Gasteiger partial charge in [0, 0.05) is 0 Å². The van der Waals surface area contributed by atoms with Crippen molar-refractivity contribution in [2.45, 2.75) is 96.1 Å². The Balaban J connectivity index is 0.000000478. The molecule has 0 saturated heterocycles. The predicted molar refractivity (Wildman–Crippen MR) is 129 cm³/mol. The molecule has 0 spiro atoms. The number of rotatable bonds is 11. The van der Waals surface area contributed by atoms with Crippen LogP contribution in [0.2, 0.25) is 0 Å². The first-order chi connectivity index (χ1) is 15.0. The summed E-state index contributed by atoms with van der Waals surface area (Å²) in [6.07, 6.45) is 14.0. The first-order valence-corrected chi connectivity index (χ1v) is 12.5. The zero-order chi connectivity index (χ0) is 22.3. The van der Waals surface area contributed by atoms with E-state index in [0.29, 0.717) is 19.4 Å². The monoisotopic (exact) mass is 427 g/mol. The molecule has 0 bridgehead atoms. The van der Waals surface area contributed by atoms with Gasteiger partial charge in [0.15, 0.2) is 0 Å². The maximum Gasteiger partial charge on any atom is -0.0417 e. The zero-order valence-electron chi connectivity index (χ0n) is 19.6. The minimum Gasteiger partial charge on any atom is -0.0651 e. The van der Waals surface area contributed by atoms with Crippen LogP contribution in [0.4, 0.5) is 0 Å². The third-order valence-corrected chi connectivity index (χ3v) is 7.10. The number of hydrogen-bond acceptors (Lipinski definition) is 4. The van der Waals surface area contributed by atoms with Gasteiger partial charge in [-0.1, -0.05) is 26.2 Å². The summed E-state index contributed by atoms with van der Waals surface area (Å²) in [6, 6.07) is 1.50. The van der Waals surface area contributed by atoms with E-state index in [1.807, 2.05) is 12.9 Å². The molecule has 5 heteroatoms. The van der Waals surface area contributed by atoms with Gasteiger partial charge in [0.05, 0.1) is 0 Å². The molecule has 3 aliphatic carbocycles. The number of aliphatic hydroxyl groups is 2. The zero-order valence-corrected chi connectivity index (χ0v) is 19.6. The molecular formula is C26H42BNO3. The van der Waals surface area contributed by atoms with Crippen LogP contribution in [0.5, 0.6) is 0 Å². The molecule has 2 saturated carbocycles. The second-order valence-corrected chi connectivity index (χ2v) is 9.77. The van der Waals surface area contributed by atoms with Crippen LogP contribution >= 0.6 is 0 Å². The standard InChI is InChI=1S/C21H32BNO3.C5H10/c1-2-4-20(24)21(25,19(23)14-26-12-10-15-7-8-15)13-18-17-6-3-5-16(17)9-11-22-18;1-2-5-3-4-5/h4,9,11,15,19,24-25H,2-3,5-8,10,12-14,23H2,1H3;5H,2-4H2,1H3/b20-4-;. The number of aliphatic hydroxyl groups excluding tert-OH is 1. The third-order valence-electron chi connectivity index (χ3n) is 7.10. The second kappa shape index (κ2) is 11.6. The largest absolute Gasteiger partial charge is 0.0651 e. The van der Waals surface area contributed by atoms with Crippen molar-refractivity contribution in [2.24, 2.45) is 17.6 Å². The van der Waals surface area contributed by atoms with Gasteiger partial charge in [-0.25, -0.2) is 0 Å². The minimum atomic E-state index is -1.49. The van der Waals surface area contributed by atoms with Gasteiger partial charge in [0.25, 0.3) is 0 Å². The molecule has 4 N–H and O–H groups in total. The summed E-state index contributed by atoms with van der Waals surface area (Å²) in [5.74, 6) is 3.95. The Bertz CT molecular complexity index is 729. The Labute approximate surface area is 189 Å². The molecule has 0 radical (unpaired) electrons. The third kappa shape index (κ3) is 7.16. The number of ether oxygens (including phenoxy) is 1. The van der Waals surface area contributed by atoms with Gasteiger partial charge in [0.1, 0.15) is 0 Å². The van der Waals surface area contributed by atoms with E-state index >= 15 is 0 Å². The Morgan fingerprint density at radius 2 is 2.00 bits per heavy atom. The molecule has 1 aromatic rings. The van der Waals surface area contributed by atoms with Crippen LogP contribution in [0.1, 0.15) is 81.8 Å². The van der Waals surface area contributed by atoms with Crippen LogP contribution in [0.25, 0.3) is 0 Å². The van der Waals surface area contributed by atoms with Crippen molar-refractivity contribution in [2.75, 3.05) is 13.2 Å². The van der Waals surface area contributed by atoms with Crippen molar-refractivity contribution in [3.8, 4) is 0 Å². The summed E-state index contributed by atoms with van der Waals surface area (Å²) in [5, 5.41) is 21.9. The van der Waals surface area contributed by atoms with E-state index < -0.39 is 11.6 Å². The summed E-state index contributed by atoms with van der Waals surface area (Å²) in [4.78, 5) is 0. The van der Waals surface area contributed by atoms with Crippen LogP contribution < -0.4 is 5.73 Å². The fourth-order valence-corrected chi connectivity index (χ4v) is 4.47.